The van der Waals surface area contributed by atoms with Gasteiger partial charge in [0.25, 0.3) is 0 Å². The van der Waals surface area contributed by atoms with Gasteiger partial charge in [0.1, 0.15) is 5.75 Å². The molecule has 0 radical (unpaired) electrons. The van der Waals surface area contributed by atoms with Crippen LogP contribution >= 0.6 is 11.6 Å². The number of nitrogens with two attached hydrogens (primary N) is 1. The van der Waals surface area contributed by atoms with Gasteiger partial charge in [0.05, 0.1) is 19.5 Å². The zero-order valence-corrected chi connectivity index (χ0v) is 8.98. The van der Waals surface area contributed by atoms with Crippen molar-refractivity contribution in [2.24, 2.45) is 5.84 Å². The third-order valence-corrected chi connectivity index (χ3v) is 2.04. The Bertz CT molecular complexity index is 317. The topological polar surface area (TPSA) is 59.3 Å². The van der Waals surface area contributed by atoms with Crippen LogP contribution in [0.2, 0.25) is 5.02 Å². The van der Waals surface area contributed by atoms with Crippen LogP contribution in [-0.4, -0.2) is 13.8 Å². The van der Waals surface area contributed by atoms with Crippen LogP contribution in [-0.2, 0) is 0 Å². The average Bonchev–Trinajstić information content (AvgIpc) is 2.14. The minimum atomic E-state index is 0.455. The van der Waals surface area contributed by atoms with Gasteiger partial charge >= 0.3 is 0 Å². The summed E-state index contributed by atoms with van der Waals surface area (Å²) in [5.41, 5.74) is 4.31. The average molecular weight is 216 g/mol. The van der Waals surface area contributed by atoms with E-state index in [1.165, 1.54) is 0 Å². The predicted octanol–water partition coefficient (Wildman–Crippen LogP) is 1.49. The largest absolute Gasteiger partial charge is 0.494 e. The molecule has 0 aromatic heterocycles. The molecule has 0 heterocycles. The van der Waals surface area contributed by atoms with E-state index in [1.54, 1.807) is 13.2 Å². The number of nitrogens with one attached hydrogen (secondary N) is 2. The maximum atomic E-state index is 5.91. The van der Waals surface area contributed by atoms with Crippen LogP contribution < -0.4 is 21.3 Å². The summed E-state index contributed by atoms with van der Waals surface area (Å²) in [6.07, 6.45) is 0. The van der Waals surface area contributed by atoms with E-state index in [1.807, 2.05) is 13.0 Å². The zero-order chi connectivity index (χ0) is 10.6. The van der Waals surface area contributed by atoms with Crippen LogP contribution in [0.1, 0.15) is 5.56 Å². The highest BCUT2D eigenvalue weighted by Crippen LogP contribution is 2.31. The summed E-state index contributed by atoms with van der Waals surface area (Å²) >= 11 is 5.91. The summed E-state index contributed by atoms with van der Waals surface area (Å²) in [5.74, 6) is 5.94. The monoisotopic (exact) mass is 215 g/mol. The van der Waals surface area contributed by atoms with Crippen molar-refractivity contribution in [2.45, 2.75) is 6.92 Å². The van der Waals surface area contributed by atoms with Gasteiger partial charge in [0, 0.05) is 5.02 Å². The van der Waals surface area contributed by atoms with Gasteiger partial charge in [-0.1, -0.05) is 11.6 Å². The van der Waals surface area contributed by atoms with Crippen molar-refractivity contribution in [2.75, 3.05) is 19.1 Å². The van der Waals surface area contributed by atoms with Gasteiger partial charge in [-0.25, -0.2) is 5.43 Å². The Morgan fingerprint density at radius 2 is 2.21 bits per heavy atom. The molecule has 0 spiro atoms. The number of hydrazine groups is 1. The lowest BCUT2D eigenvalue weighted by Crippen LogP contribution is -2.28. The Kier molecular flexibility index (Phi) is 4.00. The van der Waals surface area contributed by atoms with Gasteiger partial charge in [-0.3, -0.25) is 5.84 Å². The maximum Gasteiger partial charge on any atom is 0.144 e. The first-order chi connectivity index (χ1) is 6.69. The molecule has 0 fully saturated rings. The molecule has 78 valence electrons. The number of anilines is 1. The number of benzene rings is 1. The third-order valence-electron chi connectivity index (χ3n) is 1.82. The van der Waals surface area contributed by atoms with Crippen LogP contribution in [0, 0.1) is 6.92 Å². The number of rotatable bonds is 4. The van der Waals surface area contributed by atoms with Crippen molar-refractivity contribution in [3.8, 4) is 5.75 Å². The summed E-state index contributed by atoms with van der Waals surface area (Å²) in [6, 6.07) is 3.65. The number of halogens is 1. The summed E-state index contributed by atoms with van der Waals surface area (Å²) in [4.78, 5) is 0. The minimum Gasteiger partial charge on any atom is -0.494 e. The Morgan fingerprint density at radius 3 is 2.79 bits per heavy atom. The normalized spacial score (nSPS) is 10.0. The standard InChI is InChI=1S/C9H14ClN3O/c1-6-3-7(10)4-8(9(6)14-2)12-5-13-11/h3-4,12-13H,5,11H2,1-2H3. The molecule has 0 unspecified atom stereocenters. The second kappa shape index (κ2) is 5.05. The van der Waals surface area contributed by atoms with Gasteiger partial charge in [0.2, 0.25) is 0 Å². The van der Waals surface area contributed by atoms with Crippen LogP contribution in [0.4, 0.5) is 5.69 Å². The SMILES string of the molecule is COc1c(C)cc(Cl)cc1NCNN. The molecule has 0 aliphatic heterocycles. The highest BCUT2D eigenvalue weighted by atomic mass is 35.5. The lowest BCUT2D eigenvalue weighted by Gasteiger charge is -2.13. The highest BCUT2D eigenvalue weighted by molar-refractivity contribution is 6.31. The van der Waals surface area contributed by atoms with Crippen LogP contribution in [0.25, 0.3) is 0 Å². The van der Waals surface area contributed by atoms with E-state index in [-0.39, 0.29) is 0 Å². The molecule has 0 saturated heterocycles. The van der Waals surface area contributed by atoms with E-state index in [9.17, 15) is 0 Å². The van der Waals surface area contributed by atoms with E-state index in [4.69, 9.17) is 22.2 Å². The van der Waals surface area contributed by atoms with E-state index < -0.39 is 0 Å². The fourth-order valence-corrected chi connectivity index (χ4v) is 1.55. The maximum absolute atomic E-state index is 5.91. The minimum absolute atomic E-state index is 0.455. The number of aryl methyl sites for hydroxylation is 1. The predicted molar refractivity (Wildman–Crippen MR) is 58.6 cm³/mol. The quantitative estimate of drug-likeness (QED) is 0.405. The molecule has 0 aliphatic carbocycles. The highest BCUT2D eigenvalue weighted by Gasteiger charge is 2.06. The van der Waals surface area contributed by atoms with Gasteiger partial charge in [-0.15, -0.1) is 0 Å². The van der Waals surface area contributed by atoms with Crippen LogP contribution in [0.3, 0.4) is 0 Å². The molecule has 0 amide bonds. The van der Waals surface area contributed by atoms with Gasteiger partial charge < -0.3 is 10.1 Å². The van der Waals surface area contributed by atoms with Crippen molar-refractivity contribution in [3.63, 3.8) is 0 Å². The van der Waals surface area contributed by atoms with Gasteiger partial charge in [-0.05, 0) is 24.6 Å². The Morgan fingerprint density at radius 1 is 1.50 bits per heavy atom. The van der Waals surface area contributed by atoms with Crippen molar-refractivity contribution >= 4 is 17.3 Å². The molecule has 0 bridgehead atoms. The Hall–Kier alpha value is -0.970. The first kappa shape index (κ1) is 11.1. The molecular formula is C9H14ClN3O. The number of hydrogen-bond acceptors (Lipinski definition) is 4. The van der Waals surface area contributed by atoms with E-state index in [0.717, 1.165) is 17.0 Å². The molecule has 1 aromatic rings. The lowest BCUT2D eigenvalue weighted by atomic mass is 10.2. The van der Waals surface area contributed by atoms with Crippen molar-refractivity contribution in [1.82, 2.24) is 5.43 Å². The van der Waals surface area contributed by atoms with Crippen molar-refractivity contribution in [1.29, 1.82) is 0 Å². The lowest BCUT2D eigenvalue weighted by molar-refractivity contribution is 0.413. The molecule has 5 heteroatoms. The van der Waals surface area contributed by atoms with Crippen LogP contribution in [0.15, 0.2) is 12.1 Å². The summed E-state index contributed by atoms with van der Waals surface area (Å²) in [7, 11) is 1.62. The smallest absolute Gasteiger partial charge is 0.144 e. The fraction of sp³-hybridized carbons (Fsp3) is 0.333. The molecule has 0 saturated carbocycles. The first-order valence-electron chi connectivity index (χ1n) is 4.20. The van der Waals surface area contributed by atoms with Crippen molar-refractivity contribution in [3.05, 3.63) is 22.7 Å². The molecule has 14 heavy (non-hydrogen) atoms. The fourth-order valence-electron chi connectivity index (χ4n) is 1.28. The second-order valence-electron chi connectivity index (χ2n) is 2.86. The Balaban J connectivity index is 2.99. The van der Waals surface area contributed by atoms with Crippen molar-refractivity contribution < 1.29 is 4.74 Å². The number of methoxy groups -OCH3 is 1. The van der Waals surface area contributed by atoms with Gasteiger partial charge in [-0.2, -0.15) is 0 Å². The van der Waals surface area contributed by atoms with Crippen LogP contribution in [0.5, 0.6) is 5.75 Å². The molecule has 1 rings (SSSR count). The molecule has 0 aliphatic rings. The molecule has 4 nitrogen and oxygen atoms in total. The summed E-state index contributed by atoms with van der Waals surface area (Å²) in [6.45, 7) is 2.39. The first-order valence-corrected chi connectivity index (χ1v) is 4.58. The summed E-state index contributed by atoms with van der Waals surface area (Å²) in [5, 5.41) is 3.72. The van der Waals surface area contributed by atoms with E-state index >= 15 is 0 Å². The van der Waals surface area contributed by atoms with E-state index in [0.29, 0.717) is 11.7 Å². The zero-order valence-electron chi connectivity index (χ0n) is 8.23. The molecule has 4 N–H and O–H groups in total. The third kappa shape index (κ3) is 2.51. The number of hydrogen-bond donors (Lipinski definition) is 3. The molecular weight excluding hydrogens is 202 g/mol. The van der Waals surface area contributed by atoms with E-state index in [2.05, 4.69) is 10.7 Å². The molecule has 1 aromatic carbocycles. The Labute approximate surface area is 88.4 Å². The second-order valence-corrected chi connectivity index (χ2v) is 3.30. The summed E-state index contributed by atoms with van der Waals surface area (Å²) < 4.78 is 5.24. The van der Waals surface area contributed by atoms with Gasteiger partial charge in [0.15, 0.2) is 0 Å². The molecule has 0 atom stereocenters. The number of ether oxygens (including phenoxy) is 1.